The van der Waals surface area contributed by atoms with Crippen LogP contribution in [0.4, 0.5) is 11.5 Å². The summed E-state index contributed by atoms with van der Waals surface area (Å²) in [6.45, 7) is 0.264. The number of nitrogens with one attached hydrogen (secondary N) is 1. The molecule has 10 nitrogen and oxygen atoms in total. The lowest BCUT2D eigenvalue weighted by Crippen LogP contribution is -2.29. The van der Waals surface area contributed by atoms with Gasteiger partial charge in [-0.25, -0.2) is 9.97 Å². The molecule has 2 aromatic carbocycles. The first-order valence-corrected chi connectivity index (χ1v) is 12.2. The molecular weight excluding hydrogens is 520 g/mol. The fourth-order valence-electron chi connectivity index (χ4n) is 4.14. The van der Waals surface area contributed by atoms with E-state index in [-0.39, 0.29) is 25.0 Å². The Morgan fingerprint density at radius 3 is 2.44 bits per heavy atom. The predicted molar refractivity (Wildman–Crippen MR) is 141 cm³/mol. The first kappa shape index (κ1) is 24.3. The number of anilines is 2. The fraction of sp³-hybridized carbons (Fsp3) is 0.0714. The van der Waals surface area contributed by atoms with Gasteiger partial charge in [-0.15, -0.1) is 0 Å². The molecule has 1 aliphatic rings. The third-order valence-corrected chi connectivity index (χ3v) is 6.33. The minimum absolute atomic E-state index is 0.0259. The van der Waals surface area contributed by atoms with Crippen LogP contribution in [0, 0.1) is 0 Å². The summed E-state index contributed by atoms with van der Waals surface area (Å²) in [5, 5.41) is 7.68. The number of aromatic nitrogens is 4. The zero-order chi connectivity index (χ0) is 26.8. The molecule has 2 amide bonds. The van der Waals surface area contributed by atoms with E-state index in [2.05, 4.69) is 25.4 Å². The fourth-order valence-corrected chi connectivity index (χ4v) is 4.37. The number of nitrogens with zero attached hydrogens (tertiary/aromatic N) is 5. The second kappa shape index (κ2) is 10.3. The minimum atomic E-state index is -0.366. The molecule has 1 N–H and O–H groups in total. The van der Waals surface area contributed by atoms with Crippen LogP contribution in [-0.2, 0) is 13.2 Å². The number of hydrogen-bond acceptors (Lipinski definition) is 9. The van der Waals surface area contributed by atoms with Gasteiger partial charge in [0.1, 0.15) is 30.2 Å². The van der Waals surface area contributed by atoms with Gasteiger partial charge in [0.2, 0.25) is 0 Å². The van der Waals surface area contributed by atoms with Crippen LogP contribution < -0.4 is 10.1 Å². The number of ether oxygens (including phenoxy) is 1. The van der Waals surface area contributed by atoms with Gasteiger partial charge in [-0.3, -0.25) is 19.5 Å². The summed E-state index contributed by atoms with van der Waals surface area (Å²) >= 11 is 6.45. The van der Waals surface area contributed by atoms with Gasteiger partial charge in [0.05, 0.1) is 34.0 Å². The molecule has 0 atom stereocenters. The average molecular weight is 539 g/mol. The van der Waals surface area contributed by atoms with E-state index in [0.717, 1.165) is 10.6 Å². The smallest absolute Gasteiger partial charge is 0.261 e. The molecule has 6 rings (SSSR count). The van der Waals surface area contributed by atoms with Crippen molar-refractivity contribution in [3.05, 3.63) is 113 Å². The quantitative estimate of drug-likeness (QED) is 0.262. The van der Waals surface area contributed by atoms with E-state index in [4.69, 9.17) is 20.9 Å². The number of carbonyl (C=O) groups excluding carboxylic acids is 2. The van der Waals surface area contributed by atoms with Crippen molar-refractivity contribution in [1.82, 2.24) is 25.0 Å². The van der Waals surface area contributed by atoms with E-state index < -0.39 is 0 Å². The lowest BCUT2D eigenvalue weighted by Gasteiger charge is -2.12. The Kier molecular flexibility index (Phi) is 6.44. The lowest BCUT2D eigenvalue weighted by atomic mass is 10.1. The van der Waals surface area contributed by atoms with E-state index in [1.165, 1.54) is 6.33 Å². The summed E-state index contributed by atoms with van der Waals surface area (Å²) in [7, 11) is 0. The number of rotatable bonds is 8. The molecule has 39 heavy (non-hydrogen) atoms. The number of halogens is 1. The van der Waals surface area contributed by atoms with Crippen LogP contribution in [-0.4, -0.2) is 36.8 Å². The summed E-state index contributed by atoms with van der Waals surface area (Å²) in [5.41, 5.74) is 3.14. The molecule has 0 aliphatic carbocycles. The maximum Gasteiger partial charge on any atom is 0.261 e. The highest BCUT2D eigenvalue weighted by Gasteiger charge is 2.35. The molecule has 4 heterocycles. The van der Waals surface area contributed by atoms with Crippen molar-refractivity contribution in [2.75, 3.05) is 5.32 Å². The van der Waals surface area contributed by atoms with E-state index in [9.17, 15) is 9.59 Å². The van der Waals surface area contributed by atoms with E-state index in [1.54, 1.807) is 60.9 Å². The van der Waals surface area contributed by atoms with Crippen molar-refractivity contribution in [3.8, 4) is 17.1 Å². The van der Waals surface area contributed by atoms with Gasteiger partial charge in [-0.1, -0.05) is 35.0 Å². The molecule has 192 valence electrons. The van der Waals surface area contributed by atoms with Crippen LogP contribution in [0.15, 0.2) is 90.0 Å². The zero-order valence-electron chi connectivity index (χ0n) is 20.2. The predicted octanol–water partition coefficient (Wildman–Crippen LogP) is 5.30. The Bertz CT molecular complexity index is 1660. The molecular formula is C28H19ClN6O4. The zero-order valence-corrected chi connectivity index (χ0v) is 21.0. The largest absolute Gasteiger partial charge is 0.486 e. The molecule has 11 heteroatoms. The Morgan fingerprint density at radius 2 is 1.69 bits per heavy atom. The SMILES string of the molecule is O=C1c2ccccc2C(=O)N1Cc1cc(-c2cncnc2Nc2ccc(OCc3ccccn3)c(Cl)c2)on1. The number of hydrogen-bond donors (Lipinski definition) is 1. The van der Waals surface area contributed by atoms with Crippen LogP contribution in [0.1, 0.15) is 32.1 Å². The standard InChI is InChI=1S/C28H19ClN6O4/c29-23-11-17(8-9-24(23)38-15-18-5-3-4-10-31-18)33-26-22(13-30-16-32-26)25-12-19(34-39-25)14-35-27(36)20-6-1-2-7-21(20)28(35)37/h1-13,16H,14-15H2,(H,30,32,33). The Balaban J connectivity index is 1.17. The van der Waals surface area contributed by atoms with Crippen molar-refractivity contribution in [2.45, 2.75) is 13.2 Å². The molecule has 0 saturated heterocycles. The van der Waals surface area contributed by atoms with Crippen molar-refractivity contribution in [2.24, 2.45) is 0 Å². The van der Waals surface area contributed by atoms with Crippen LogP contribution in [0.5, 0.6) is 5.75 Å². The molecule has 0 spiro atoms. The van der Waals surface area contributed by atoms with Crippen molar-refractivity contribution in [3.63, 3.8) is 0 Å². The van der Waals surface area contributed by atoms with Gasteiger partial charge in [-0.2, -0.15) is 0 Å². The van der Waals surface area contributed by atoms with Crippen LogP contribution in [0.3, 0.4) is 0 Å². The molecule has 0 fully saturated rings. The maximum absolute atomic E-state index is 12.7. The van der Waals surface area contributed by atoms with Gasteiger partial charge in [0, 0.05) is 24.1 Å². The highest BCUT2D eigenvalue weighted by atomic mass is 35.5. The van der Waals surface area contributed by atoms with Crippen molar-refractivity contribution >= 4 is 34.9 Å². The van der Waals surface area contributed by atoms with Gasteiger partial charge >= 0.3 is 0 Å². The monoisotopic (exact) mass is 538 g/mol. The third-order valence-electron chi connectivity index (χ3n) is 6.03. The molecule has 1 aliphatic heterocycles. The second-order valence-corrected chi connectivity index (χ2v) is 9.00. The highest BCUT2D eigenvalue weighted by Crippen LogP contribution is 2.33. The number of pyridine rings is 1. The topological polar surface area (TPSA) is 123 Å². The van der Waals surface area contributed by atoms with E-state index >= 15 is 0 Å². The average Bonchev–Trinajstić information content (AvgIpc) is 3.52. The Hall–Kier alpha value is -5.09. The number of carbonyl (C=O) groups is 2. The summed E-state index contributed by atoms with van der Waals surface area (Å²) < 4.78 is 11.3. The second-order valence-electron chi connectivity index (χ2n) is 8.59. The first-order valence-electron chi connectivity index (χ1n) is 11.9. The van der Waals surface area contributed by atoms with Crippen LogP contribution >= 0.6 is 11.6 Å². The van der Waals surface area contributed by atoms with Crippen molar-refractivity contribution < 1.29 is 18.8 Å². The van der Waals surface area contributed by atoms with Gasteiger partial charge < -0.3 is 14.6 Å². The molecule has 5 aromatic rings. The van der Waals surface area contributed by atoms with Crippen molar-refractivity contribution in [1.29, 1.82) is 0 Å². The normalized spacial score (nSPS) is 12.5. The van der Waals surface area contributed by atoms with Gasteiger partial charge in [-0.05, 0) is 42.5 Å². The molecule has 0 saturated carbocycles. The summed E-state index contributed by atoms with van der Waals surface area (Å²) in [6.07, 6.45) is 4.68. The number of imide groups is 1. The lowest BCUT2D eigenvalue weighted by molar-refractivity contribution is 0.0639. The highest BCUT2D eigenvalue weighted by molar-refractivity contribution is 6.32. The number of fused-ring (bicyclic) bond motifs is 1. The van der Waals surface area contributed by atoms with Gasteiger partial charge in [0.25, 0.3) is 11.8 Å². The van der Waals surface area contributed by atoms with E-state index in [1.807, 2.05) is 18.2 Å². The summed E-state index contributed by atoms with van der Waals surface area (Å²) in [5.74, 6) is 0.603. The number of benzene rings is 2. The maximum atomic E-state index is 12.7. The summed E-state index contributed by atoms with van der Waals surface area (Å²) in [6, 6.07) is 19.2. The first-order chi connectivity index (χ1) is 19.1. The molecule has 0 radical (unpaired) electrons. The Morgan fingerprint density at radius 1 is 0.897 bits per heavy atom. The van der Waals surface area contributed by atoms with Crippen LogP contribution in [0.2, 0.25) is 5.02 Å². The minimum Gasteiger partial charge on any atom is -0.486 e. The van der Waals surface area contributed by atoms with Gasteiger partial charge in [0.15, 0.2) is 5.76 Å². The molecule has 3 aromatic heterocycles. The third kappa shape index (κ3) is 4.92. The van der Waals surface area contributed by atoms with E-state index in [0.29, 0.717) is 50.4 Å². The van der Waals surface area contributed by atoms with Crippen LogP contribution in [0.25, 0.3) is 11.3 Å². The number of amides is 2. The summed E-state index contributed by atoms with van der Waals surface area (Å²) in [4.78, 5) is 39.2. The molecule has 0 unspecified atom stereocenters. The molecule has 0 bridgehead atoms. The Labute approximate surface area is 227 Å².